The average Bonchev–Trinajstić information content (AvgIpc) is 2.34. The molecule has 0 aliphatic carbocycles. The van der Waals surface area contributed by atoms with Gasteiger partial charge >= 0.3 is 12.1 Å². The Bertz CT molecular complexity index is 529. The summed E-state index contributed by atoms with van der Waals surface area (Å²) in [6.07, 6.45) is -0.514. The number of aromatic nitrogens is 1. The number of carbonyl (C=O) groups excluding carboxylic acids is 1. The van der Waals surface area contributed by atoms with Gasteiger partial charge in [-0.3, -0.25) is 0 Å². The van der Waals surface area contributed by atoms with E-state index in [1.165, 1.54) is 6.07 Å². The van der Waals surface area contributed by atoms with E-state index in [2.05, 4.69) is 15.6 Å². The number of aromatic carboxylic acids is 1. The van der Waals surface area contributed by atoms with Gasteiger partial charge in [-0.15, -0.1) is 0 Å². The number of carboxylic acids is 1. The molecule has 7 nitrogen and oxygen atoms in total. The van der Waals surface area contributed by atoms with Gasteiger partial charge in [0.25, 0.3) is 0 Å². The molecule has 1 aromatic rings. The van der Waals surface area contributed by atoms with Crippen LogP contribution in [0.25, 0.3) is 0 Å². The van der Waals surface area contributed by atoms with Gasteiger partial charge in [-0.1, -0.05) is 11.6 Å². The summed E-state index contributed by atoms with van der Waals surface area (Å²) in [6, 6.07) is 3.00. The van der Waals surface area contributed by atoms with Gasteiger partial charge in [0.05, 0.1) is 5.02 Å². The van der Waals surface area contributed by atoms with E-state index in [0.717, 1.165) is 0 Å². The summed E-state index contributed by atoms with van der Waals surface area (Å²) in [4.78, 5) is 26.1. The molecule has 0 aliphatic heterocycles. The highest BCUT2D eigenvalue weighted by Gasteiger charge is 2.15. The van der Waals surface area contributed by atoms with E-state index in [1.807, 2.05) is 0 Å². The van der Waals surface area contributed by atoms with Crippen LogP contribution < -0.4 is 10.6 Å². The largest absolute Gasteiger partial charge is 0.476 e. The van der Waals surface area contributed by atoms with Gasteiger partial charge in [-0.25, -0.2) is 14.6 Å². The predicted octanol–water partition coefficient (Wildman–Crippen LogP) is 2.37. The van der Waals surface area contributed by atoms with Gasteiger partial charge in [0.1, 0.15) is 11.4 Å². The number of carbonyl (C=O) groups is 2. The number of hydrogen-bond donors (Lipinski definition) is 3. The topological polar surface area (TPSA) is 101 Å². The van der Waals surface area contributed by atoms with Gasteiger partial charge in [-0.2, -0.15) is 0 Å². The fourth-order valence-electron chi connectivity index (χ4n) is 1.36. The molecular formula is C13H18ClN3O4. The molecule has 0 aromatic carbocycles. The Balaban J connectivity index is 2.41. The summed E-state index contributed by atoms with van der Waals surface area (Å²) in [6.45, 7) is 6.00. The van der Waals surface area contributed by atoms with Crippen LogP contribution in [0.15, 0.2) is 12.1 Å². The first kappa shape index (κ1) is 17.0. The van der Waals surface area contributed by atoms with E-state index in [0.29, 0.717) is 18.9 Å². The number of nitrogens with zero attached hydrogens (tertiary/aromatic N) is 1. The minimum absolute atomic E-state index is 0.0694. The zero-order valence-electron chi connectivity index (χ0n) is 12.1. The second-order valence-electron chi connectivity index (χ2n) is 5.19. The lowest BCUT2D eigenvalue weighted by atomic mass is 10.2. The van der Waals surface area contributed by atoms with Crippen molar-refractivity contribution in [2.45, 2.75) is 26.4 Å². The zero-order valence-corrected chi connectivity index (χ0v) is 12.8. The molecule has 0 unspecified atom stereocenters. The molecule has 116 valence electrons. The lowest BCUT2D eigenvalue weighted by Gasteiger charge is -2.19. The van der Waals surface area contributed by atoms with Crippen molar-refractivity contribution >= 4 is 29.5 Å². The summed E-state index contributed by atoms with van der Waals surface area (Å²) in [5, 5.41) is 14.4. The Morgan fingerprint density at radius 2 is 2.00 bits per heavy atom. The Labute approximate surface area is 127 Å². The molecule has 1 aromatic heterocycles. The first-order chi connectivity index (χ1) is 9.69. The smallest absolute Gasteiger partial charge is 0.407 e. The zero-order chi connectivity index (χ0) is 16.0. The van der Waals surface area contributed by atoms with Crippen molar-refractivity contribution in [3.05, 3.63) is 22.8 Å². The molecule has 1 amide bonds. The van der Waals surface area contributed by atoms with Crippen LogP contribution in [0.3, 0.4) is 0 Å². The van der Waals surface area contributed by atoms with Crippen LogP contribution in [0.2, 0.25) is 5.02 Å². The van der Waals surface area contributed by atoms with Gasteiger partial charge in [0, 0.05) is 13.1 Å². The van der Waals surface area contributed by atoms with Gasteiger partial charge < -0.3 is 20.5 Å². The lowest BCUT2D eigenvalue weighted by molar-refractivity contribution is 0.0529. The van der Waals surface area contributed by atoms with Gasteiger partial charge in [0.2, 0.25) is 0 Å². The molecule has 0 saturated carbocycles. The van der Waals surface area contributed by atoms with Crippen LogP contribution in [0.4, 0.5) is 10.6 Å². The monoisotopic (exact) mass is 315 g/mol. The van der Waals surface area contributed by atoms with Crippen molar-refractivity contribution in [1.29, 1.82) is 0 Å². The quantitative estimate of drug-likeness (QED) is 0.721. The first-order valence-corrected chi connectivity index (χ1v) is 6.67. The number of rotatable bonds is 5. The van der Waals surface area contributed by atoms with Crippen molar-refractivity contribution in [1.82, 2.24) is 10.3 Å². The molecule has 21 heavy (non-hydrogen) atoms. The van der Waals surface area contributed by atoms with Crippen molar-refractivity contribution in [2.24, 2.45) is 0 Å². The number of alkyl carbamates (subject to hydrolysis) is 1. The first-order valence-electron chi connectivity index (χ1n) is 6.29. The number of carboxylic acid groups (broad SMARTS) is 1. The van der Waals surface area contributed by atoms with Crippen LogP contribution >= 0.6 is 11.6 Å². The van der Waals surface area contributed by atoms with Crippen LogP contribution in [0.5, 0.6) is 0 Å². The number of halogens is 1. The molecule has 0 atom stereocenters. The third kappa shape index (κ3) is 6.31. The molecular weight excluding hydrogens is 298 g/mol. The fraction of sp³-hybridized carbons (Fsp3) is 0.462. The van der Waals surface area contributed by atoms with Crippen LogP contribution in [0.1, 0.15) is 31.3 Å². The van der Waals surface area contributed by atoms with Crippen molar-refractivity contribution in [3.8, 4) is 0 Å². The Kier molecular flexibility index (Phi) is 5.78. The van der Waals surface area contributed by atoms with Crippen LogP contribution in [-0.4, -0.2) is 40.8 Å². The van der Waals surface area contributed by atoms with E-state index in [1.54, 1.807) is 26.8 Å². The summed E-state index contributed by atoms with van der Waals surface area (Å²) in [5.74, 6) is -0.835. The fourth-order valence-corrected chi connectivity index (χ4v) is 1.55. The van der Waals surface area contributed by atoms with E-state index >= 15 is 0 Å². The van der Waals surface area contributed by atoms with E-state index in [4.69, 9.17) is 21.4 Å². The Hall–Kier alpha value is -2.02. The van der Waals surface area contributed by atoms with E-state index < -0.39 is 17.7 Å². The minimum atomic E-state index is -1.20. The molecule has 0 saturated heterocycles. The van der Waals surface area contributed by atoms with E-state index in [9.17, 15) is 9.59 Å². The Morgan fingerprint density at radius 3 is 2.57 bits per heavy atom. The number of amides is 1. The highest BCUT2D eigenvalue weighted by atomic mass is 35.5. The molecule has 3 N–H and O–H groups in total. The number of anilines is 1. The van der Waals surface area contributed by atoms with Crippen molar-refractivity contribution in [2.75, 3.05) is 18.4 Å². The minimum Gasteiger partial charge on any atom is -0.476 e. The number of hydrogen-bond acceptors (Lipinski definition) is 5. The van der Waals surface area contributed by atoms with Crippen LogP contribution in [0, 0.1) is 0 Å². The molecule has 8 heteroatoms. The van der Waals surface area contributed by atoms with Gasteiger partial charge in [0.15, 0.2) is 5.69 Å². The number of pyridine rings is 1. The third-order valence-electron chi connectivity index (χ3n) is 2.15. The van der Waals surface area contributed by atoms with E-state index in [-0.39, 0.29) is 10.7 Å². The maximum atomic E-state index is 11.4. The predicted molar refractivity (Wildman–Crippen MR) is 78.9 cm³/mol. The lowest BCUT2D eigenvalue weighted by Crippen LogP contribution is -2.35. The summed E-state index contributed by atoms with van der Waals surface area (Å²) < 4.78 is 5.07. The summed E-state index contributed by atoms with van der Waals surface area (Å²) in [7, 11) is 0. The van der Waals surface area contributed by atoms with Crippen molar-refractivity contribution < 1.29 is 19.4 Å². The van der Waals surface area contributed by atoms with Crippen molar-refractivity contribution in [3.63, 3.8) is 0 Å². The summed E-state index contributed by atoms with van der Waals surface area (Å²) in [5.41, 5.74) is -0.771. The summed E-state index contributed by atoms with van der Waals surface area (Å²) >= 11 is 5.71. The third-order valence-corrected chi connectivity index (χ3v) is 2.45. The molecule has 1 heterocycles. The molecule has 0 fully saturated rings. The SMILES string of the molecule is CC(C)(C)OC(=O)NCCNc1ccc(Cl)c(C(=O)O)n1. The molecule has 0 radical (unpaired) electrons. The number of ether oxygens (including phenoxy) is 1. The second kappa shape index (κ2) is 7.12. The average molecular weight is 316 g/mol. The van der Waals surface area contributed by atoms with Crippen LogP contribution in [-0.2, 0) is 4.74 Å². The number of nitrogens with one attached hydrogen (secondary N) is 2. The standard InChI is InChI=1S/C13H18ClN3O4/c1-13(2,3)21-12(20)16-7-6-15-9-5-4-8(14)10(17-9)11(18)19/h4-5H,6-7H2,1-3H3,(H,15,17)(H,16,20)(H,18,19). The Morgan fingerprint density at radius 1 is 1.33 bits per heavy atom. The highest BCUT2D eigenvalue weighted by Crippen LogP contribution is 2.16. The molecule has 0 bridgehead atoms. The second-order valence-corrected chi connectivity index (χ2v) is 5.59. The molecule has 0 aliphatic rings. The maximum absolute atomic E-state index is 11.4. The maximum Gasteiger partial charge on any atom is 0.407 e. The molecule has 0 spiro atoms. The normalized spacial score (nSPS) is 10.9. The highest BCUT2D eigenvalue weighted by molar-refractivity contribution is 6.33. The molecule has 1 rings (SSSR count). The van der Waals surface area contributed by atoms with Gasteiger partial charge in [-0.05, 0) is 32.9 Å².